The number of ether oxygens (including phenoxy) is 1. The molecule has 3 N–H and O–H groups in total. The molecule has 2 aromatic rings. The van der Waals surface area contributed by atoms with Crippen molar-refractivity contribution in [2.75, 3.05) is 5.73 Å². The summed E-state index contributed by atoms with van der Waals surface area (Å²) in [5.41, 5.74) is 6.24. The Bertz CT molecular complexity index is 596. The highest BCUT2D eigenvalue weighted by Crippen LogP contribution is 2.29. The molecule has 0 radical (unpaired) electrons. The van der Waals surface area contributed by atoms with Gasteiger partial charge in [0, 0.05) is 12.1 Å². The highest BCUT2D eigenvalue weighted by molar-refractivity contribution is 5.61. The molecule has 0 spiro atoms. The number of nitrogens with two attached hydrogens (primary N) is 1. The van der Waals surface area contributed by atoms with E-state index >= 15 is 0 Å². The number of rotatable bonds is 4. The molecule has 0 aliphatic heterocycles. The monoisotopic (exact) mass is 260 g/mol. The van der Waals surface area contributed by atoms with Gasteiger partial charge in [-0.1, -0.05) is 12.1 Å². The van der Waals surface area contributed by atoms with Crippen LogP contribution in [0.4, 0.5) is 11.4 Å². The molecule has 19 heavy (non-hydrogen) atoms. The third-order valence-corrected chi connectivity index (χ3v) is 2.54. The van der Waals surface area contributed by atoms with Gasteiger partial charge in [-0.15, -0.1) is 0 Å². The molecule has 0 saturated carbocycles. The topological polar surface area (TPSA) is 98.6 Å². The van der Waals surface area contributed by atoms with E-state index in [9.17, 15) is 10.1 Å². The molecule has 6 nitrogen and oxygen atoms in total. The number of anilines is 1. The minimum Gasteiger partial charge on any atom is -0.457 e. The maximum Gasteiger partial charge on any atom is 0.292 e. The Morgan fingerprint density at radius 2 is 1.79 bits per heavy atom. The van der Waals surface area contributed by atoms with Gasteiger partial charge in [-0.3, -0.25) is 10.1 Å². The van der Waals surface area contributed by atoms with Crippen molar-refractivity contribution >= 4 is 11.4 Å². The highest BCUT2D eigenvalue weighted by Gasteiger charge is 2.11. The number of hydrogen-bond donors (Lipinski definition) is 2. The van der Waals surface area contributed by atoms with Crippen LogP contribution in [0, 0.1) is 10.1 Å². The van der Waals surface area contributed by atoms with Gasteiger partial charge in [0.1, 0.15) is 17.2 Å². The zero-order chi connectivity index (χ0) is 13.8. The third-order valence-electron chi connectivity index (χ3n) is 2.54. The summed E-state index contributed by atoms with van der Waals surface area (Å²) in [5.74, 6) is 0.977. The second-order valence-corrected chi connectivity index (χ2v) is 3.88. The van der Waals surface area contributed by atoms with Crippen LogP contribution in [0.2, 0.25) is 0 Å². The predicted octanol–water partition coefficient (Wildman–Crippen LogP) is 2.46. The number of aliphatic hydroxyl groups excluding tert-OH is 1. The minimum atomic E-state index is -0.546. The van der Waals surface area contributed by atoms with Gasteiger partial charge < -0.3 is 15.6 Å². The number of nitro benzene ring substituents is 1. The average Bonchev–Trinajstić information content (AvgIpc) is 2.39. The molecule has 0 atom stereocenters. The van der Waals surface area contributed by atoms with E-state index in [1.165, 1.54) is 18.2 Å². The average molecular weight is 260 g/mol. The normalized spacial score (nSPS) is 10.2. The van der Waals surface area contributed by atoms with Crippen LogP contribution in [0.15, 0.2) is 42.5 Å². The fourth-order valence-corrected chi connectivity index (χ4v) is 1.56. The molecule has 0 amide bonds. The zero-order valence-corrected chi connectivity index (χ0v) is 9.95. The summed E-state index contributed by atoms with van der Waals surface area (Å²) < 4.78 is 5.51. The van der Waals surface area contributed by atoms with Crippen LogP contribution in [0.1, 0.15) is 5.56 Å². The Hall–Kier alpha value is -2.60. The fraction of sp³-hybridized carbons (Fsp3) is 0.0769. The lowest BCUT2D eigenvalue weighted by Crippen LogP contribution is -1.96. The van der Waals surface area contributed by atoms with E-state index in [1.54, 1.807) is 24.3 Å². The van der Waals surface area contributed by atoms with Crippen molar-refractivity contribution in [2.24, 2.45) is 0 Å². The molecule has 0 unspecified atom stereocenters. The lowest BCUT2D eigenvalue weighted by Gasteiger charge is -2.07. The van der Waals surface area contributed by atoms with Crippen LogP contribution in [0.3, 0.4) is 0 Å². The van der Waals surface area contributed by atoms with Crippen LogP contribution >= 0.6 is 0 Å². The first-order valence-electron chi connectivity index (χ1n) is 5.51. The fourth-order valence-electron chi connectivity index (χ4n) is 1.56. The summed E-state index contributed by atoms with van der Waals surface area (Å²) in [6.45, 7) is -0.0369. The second kappa shape index (κ2) is 5.36. The summed E-state index contributed by atoms with van der Waals surface area (Å²) >= 11 is 0. The third kappa shape index (κ3) is 2.99. The predicted molar refractivity (Wildman–Crippen MR) is 69.9 cm³/mol. The molecule has 6 heteroatoms. The van der Waals surface area contributed by atoms with Crippen LogP contribution in [0.25, 0.3) is 0 Å². The molecule has 2 aromatic carbocycles. The van der Waals surface area contributed by atoms with E-state index in [0.717, 1.165) is 5.56 Å². The van der Waals surface area contributed by atoms with Crippen LogP contribution < -0.4 is 10.5 Å². The Morgan fingerprint density at radius 1 is 1.16 bits per heavy atom. The van der Waals surface area contributed by atoms with E-state index in [0.29, 0.717) is 11.5 Å². The standard InChI is InChI=1S/C13H12N2O4/c14-12-7-11(5-6-13(12)15(17)18)19-10-3-1-9(8-16)2-4-10/h1-7,16H,8,14H2. The van der Waals surface area contributed by atoms with Crippen LogP contribution in [-0.2, 0) is 6.61 Å². The van der Waals surface area contributed by atoms with E-state index in [2.05, 4.69) is 0 Å². The van der Waals surface area contributed by atoms with Gasteiger partial charge in [-0.25, -0.2) is 0 Å². The number of nitrogens with zero attached hydrogens (tertiary/aromatic N) is 1. The molecule has 0 aliphatic rings. The van der Waals surface area contributed by atoms with Gasteiger partial charge in [0.05, 0.1) is 11.5 Å². The largest absolute Gasteiger partial charge is 0.457 e. The number of nitrogen functional groups attached to an aromatic ring is 1. The van der Waals surface area contributed by atoms with E-state index in [1.807, 2.05) is 0 Å². The smallest absolute Gasteiger partial charge is 0.292 e. The van der Waals surface area contributed by atoms with E-state index < -0.39 is 4.92 Å². The maximum absolute atomic E-state index is 10.6. The van der Waals surface area contributed by atoms with Crippen LogP contribution in [0.5, 0.6) is 11.5 Å². The van der Waals surface area contributed by atoms with E-state index in [4.69, 9.17) is 15.6 Å². The summed E-state index contributed by atoms with van der Waals surface area (Å²) in [7, 11) is 0. The van der Waals surface area contributed by atoms with Gasteiger partial charge in [0.2, 0.25) is 0 Å². The van der Waals surface area contributed by atoms with Crippen molar-refractivity contribution in [2.45, 2.75) is 6.61 Å². The SMILES string of the molecule is Nc1cc(Oc2ccc(CO)cc2)ccc1[N+](=O)[O-]. The van der Waals surface area contributed by atoms with Crippen molar-refractivity contribution in [3.8, 4) is 11.5 Å². The first-order valence-corrected chi connectivity index (χ1v) is 5.51. The molecule has 0 bridgehead atoms. The molecule has 98 valence electrons. The quantitative estimate of drug-likeness (QED) is 0.499. The van der Waals surface area contributed by atoms with Crippen molar-refractivity contribution in [1.82, 2.24) is 0 Å². The summed E-state index contributed by atoms with van der Waals surface area (Å²) in [6, 6.07) is 11.0. The second-order valence-electron chi connectivity index (χ2n) is 3.88. The Morgan fingerprint density at radius 3 is 2.32 bits per heavy atom. The molecule has 0 aliphatic carbocycles. The van der Waals surface area contributed by atoms with Gasteiger partial charge in [0.15, 0.2) is 0 Å². The Balaban J connectivity index is 2.18. The first kappa shape index (κ1) is 12.8. The number of hydrogen-bond acceptors (Lipinski definition) is 5. The molecular weight excluding hydrogens is 248 g/mol. The van der Waals surface area contributed by atoms with Crippen molar-refractivity contribution in [3.05, 3.63) is 58.1 Å². The number of benzene rings is 2. The van der Waals surface area contributed by atoms with Gasteiger partial charge in [0.25, 0.3) is 5.69 Å². The molecule has 0 saturated heterocycles. The summed E-state index contributed by atoms with van der Waals surface area (Å²) in [6.07, 6.45) is 0. The van der Waals surface area contributed by atoms with Crippen molar-refractivity contribution < 1.29 is 14.8 Å². The Labute approximate surface area is 109 Å². The lowest BCUT2D eigenvalue weighted by molar-refractivity contribution is -0.383. The highest BCUT2D eigenvalue weighted by atomic mass is 16.6. The molecular formula is C13H12N2O4. The first-order chi connectivity index (χ1) is 9.10. The molecule has 0 aromatic heterocycles. The van der Waals surface area contributed by atoms with Gasteiger partial charge in [-0.05, 0) is 23.8 Å². The molecule has 2 rings (SSSR count). The van der Waals surface area contributed by atoms with Crippen molar-refractivity contribution in [3.63, 3.8) is 0 Å². The molecule has 0 heterocycles. The van der Waals surface area contributed by atoms with Gasteiger partial charge >= 0.3 is 0 Å². The van der Waals surface area contributed by atoms with Crippen LogP contribution in [-0.4, -0.2) is 10.0 Å². The van der Waals surface area contributed by atoms with Gasteiger partial charge in [-0.2, -0.15) is 0 Å². The minimum absolute atomic E-state index is 0.0369. The summed E-state index contributed by atoms with van der Waals surface area (Å²) in [5, 5.41) is 19.5. The zero-order valence-electron chi connectivity index (χ0n) is 9.95. The molecule has 0 fully saturated rings. The number of nitro groups is 1. The summed E-state index contributed by atoms with van der Waals surface area (Å²) in [4.78, 5) is 10.1. The van der Waals surface area contributed by atoms with E-state index in [-0.39, 0.29) is 18.0 Å². The van der Waals surface area contributed by atoms with Crippen molar-refractivity contribution in [1.29, 1.82) is 0 Å². The number of aliphatic hydroxyl groups is 1. The lowest BCUT2D eigenvalue weighted by atomic mass is 10.2. The maximum atomic E-state index is 10.6. The Kier molecular flexibility index (Phi) is 3.63.